The van der Waals surface area contributed by atoms with Crippen LogP contribution in [0.1, 0.15) is 11.1 Å². The number of fused-ring (bicyclic) bond motifs is 1. The third-order valence-corrected chi connectivity index (χ3v) is 4.33. The van der Waals surface area contributed by atoms with Crippen molar-refractivity contribution in [3.05, 3.63) is 40.7 Å². The number of anilines is 1. The van der Waals surface area contributed by atoms with Crippen molar-refractivity contribution in [2.75, 3.05) is 25.0 Å². The van der Waals surface area contributed by atoms with Crippen LogP contribution in [0, 0.1) is 0 Å². The van der Waals surface area contributed by atoms with Gasteiger partial charge in [0, 0.05) is 42.7 Å². The first-order chi connectivity index (χ1) is 9.33. The lowest BCUT2D eigenvalue weighted by Gasteiger charge is -2.29. The molecule has 4 nitrogen and oxygen atoms in total. The Morgan fingerprint density at radius 3 is 3.21 bits per heavy atom. The Hall–Kier alpha value is -1.17. The van der Waals surface area contributed by atoms with E-state index in [-0.39, 0.29) is 0 Å². The molecule has 0 saturated heterocycles. The molecule has 0 unspecified atom stereocenters. The minimum absolute atomic E-state index is 0.889. The molecule has 0 fully saturated rings. The van der Waals surface area contributed by atoms with Crippen LogP contribution in [0.15, 0.2) is 24.5 Å². The molecule has 0 radical (unpaired) electrons. The highest BCUT2D eigenvalue weighted by Gasteiger charge is 2.17. The summed E-state index contributed by atoms with van der Waals surface area (Å²) in [6.07, 6.45) is 2.61. The Labute approximate surface area is 121 Å². The highest BCUT2D eigenvalue weighted by molar-refractivity contribution is 7.09. The maximum Gasteiger partial charge on any atom is 0.202 e. The van der Waals surface area contributed by atoms with Gasteiger partial charge < -0.3 is 5.32 Å². The van der Waals surface area contributed by atoms with Gasteiger partial charge >= 0.3 is 0 Å². The van der Waals surface area contributed by atoms with Crippen LogP contribution in [0.4, 0.5) is 5.13 Å². The predicted octanol–water partition coefficient (Wildman–Crippen LogP) is 2.66. The molecule has 1 aromatic heterocycles. The summed E-state index contributed by atoms with van der Waals surface area (Å²) in [4.78, 5) is 6.54. The normalized spacial score (nSPS) is 15.2. The van der Waals surface area contributed by atoms with Crippen molar-refractivity contribution in [3.8, 4) is 0 Å². The lowest BCUT2D eigenvalue weighted by Crippen LogP contribution is -2.34. The van der Waals surface area contributed by atoms with Crippen LogP contribution in [0.2, 0.25) is 5.02 Å². The molecule has 3 rings (SSSR count). The molecule has 0 atom stereocenters. The van der Waals surface area contributed by atoms with Gasteiger partial charge in [0.1, 0.15) is 6.33 Å². The summed E-state index contributed by atoms with van der Waals surface area (Å²) in [5.41, 5.74) is 2.67. The zero-order valence-corrected chi connectivity index (χ0v) is 12.0. The Morgan fingerprint density at radius 2 is 2.37 bits per heavy atom. The summed E-state index contributed by atoms with van der Waals surface area (Å²) >= 11 is 7.61. The second kappa shape index (κ2) is 5.86. The highest BCUT2D eigenvalue weighted by atomic mass is 35.5. The van der Waals surface area contributed by atoms with Gasteiger partial charge in [0.05, 0.1) is 0 Å². The highest BCUT2D eigenvalue weighted by Crippen LogP contribution is 2.25. The van der Waals surface area contributed by atoms with E-state index < -0.39 is 0 Å². The average Bonchev–Trinajstić information content (AvgIpc) is 2.92. The molecule has 1 aliphatic heterocycles. The molecule has 1 aromatic carbocycles. The van der Waals surface area contributed by atoms with E-state index in [9.17, 15) is 0 Å². The second-order valence-electron chi connectivity index (χ2n) is 4.58. The molecule has 0 saturated carbocycles. The molecule has 19 heavy (non-hydrogen) atoms. The van der Waals surface area contributed by atoms with Gasteiger partial charge in [-0.2, -0.15) is 4.37 Å². The van der Waals surface area contributed by atoms with Gasteiger partial charge in [-0.3, -0.25) is 4.90 Å². The molecule has 0 amide bonds. The monoisotopic (exact) mass is 294 g/mol. The Kier molecular flexibility index (Phi) is 3.96. The van der Waals surface area contributed by atoms with Crippen molar-refractivity contribution < 1.29 is 0 Å². The molecule has 6 heteroatoms. The van der Waals surface area contributed by atoms with E-state index in [2.05, 4.69) is 25.6 Å². The maximum atomic E-state index is 6.22. The quantitative estimate of drug-likeness (QED) is 0.941. The largest absolute Gasteiger partial charge is 0.359 e. The minimum atomic E-state index is 0.889. The minimum Gasteiger partial charge on any atom is -0.359 e. The van der Waals surface area contributed by atoms with Gasteiger partial charge in [0.15, 0.2) is 0 Å². The van der Waals surface area contributed by atoms with Gasteiger partial charge in [0.25, 0.3) is 0 Å². The van der Waals surface area contributed by atoms with E-state index in [0.717, 1.165) is 42.8 Å². The first kappa shape index (κ1) is 12.8. The summed E-state index contributed by atoms with van der Waals surface area (Å²) in [7, 11) is 0. The maximum absolute atomic E-state index is 6.22. The molecule has 2 heterocycles. The number of benzene rings is 1. The Morgan fingerprint density at radius 1 is 1.42 bits per heavy atom. The van der Waals surface area contributed by atoms with Crippen LogP contribution < -0.4 is 5.32 Å². The summed E-state index contributed by atoms with van der Waals surface area (Å²) in [5, 5.41) is 5.08. The first-order valence-electron chi connectivity index (χ1n) is 6.32. The molecular weight excluding hydrogens is 280 g/mol. The lowest BCUT2D eigenvalue weighted by molar-refractivity contribution is 0.264. The molecule has 0 aliphatic carbocycles. The molecule has 0 bridgehead atoms. The zero-order chi connectivity index (χ0) is 13.1. The van der Waals surface area contributed by atoms with Crippen molar-refractivity contribution in [2.45, 2.75) is 13.0 Å². The van der Waals surface area contributed by atoms with Crippen molar-refractivity contribution in [2.24, 2.45) is 0 Å². The van der Waals surface area contributed by atoms with E-state index in [1.54, 1.807) is 6.33 Å². The Balaban J connectivity index is 1.54. The Bertz CT molecular complexity index is 544. The lowest BCUT2D eigenvalue weighted by atomic mass is 10.00. The smallest absolute Gasteiger partial charge is 0.202 e. The molecule has 100 valence electrons. The fourth-order valence-corrected chi connectivity index (χ4v) is 3.13. The number of hydrogen-bond donors (Lipinski definition) is 1. The van der Waals surface area contributed by atoms with Crippen LogP contribution in [-0.4, -0.2) is 33.9 Å². The number of aromatic nitrogens is 2. The number of nitrogens with zero attached hydrogens (tertiary/aromatic N) is 3. The third kappa shape index (κ3) is 3.05. The number of halogens is 1. The van der Waals surface area contributed by atoms with Gasteiger partial charge in [-0.05, 0) is 23.6 Å². The standard InChI is InChI=1S/C13H15ClN4S/c14-12-3-1-2-10-8-18(6-4-11(10)12)7-5-15-13-16-9-17-19-13/h1-3,9H,4-8H2,(H,15,16,17). The first-order valence-corrected chi connectivity index (χ1v) is 7.47. The number of rotatable bonds is 4. The zero-order valence-electron chi connectivity index (χ0n) is 10.5. The summed E-state index contributed by atoms with van der Waals surface area (Å²) < 4.78 is 3.97. The topological polar surface area (TPSA) is 41.0 Å². The van der Waals surface area contributed by atoms with Crippen LogP contribution in [0.25, 0.3) is 0 Å². The molecule has 2 aromatic rings. The molecule has 0 spiro atoms. The second-order valence-corrected chi connectivity index (χ2v) is 5.76. The van der Waals surface area contributed by atoms with Crippen LogP contribution in [-0.2, 0) is 13.0 Å². The molecule has 1 N–H and O–H groups in total. The van der Waals surface area contributed by atoms with E-state index in [4.69, 9.17) is 11.6 Å². The summed E-state index contributed by atoms with van der Waals surface area (Å²) in [6.45, 7) is 3.94. The van der Waals surface area contributed by atoms with Gasteiger partial charge in [-0.1, -0.05) is 23.7 Å². The summed E-state index contributed by atoms with van der Waals surface area (Å²) in [5.74, 6) is 0. The molecule has 1 aliphatic rings. The van der Waals surface area contributed by atoms with Crippen LogP contribution >= 0.6 is 23.1 Å². The van der Waals surface area contributed by atoms with Gasteiger partial charge in [0.2, 0.25) is 5.13 Å². The van der Waals surface area contributed by atoms with E-state index in [1.165, 1.54) is 22.7 Å². The number of nitrogens with one attached hydrogen (secondary N) is 1. The number of hydrogen-bond acceptors (Lipinski definition) is 5. The van der Waals surface area contributed by atoms with Gasteiger partial charge in [-0.25, -0.2) is 4.98 Å². The van der Waals surface area contributed by atoms with Crippen LogP contribution in [0.3, 0.4) is 0 Å². The van der Waals surface area contributed by atoms with Crippen molar-refractivity contribution >= 4 is 28.3 Å². The van der Waals surface area contributed by atoms with Crippen molar-refractivity contribution in [3.63, 3.8) is 0 Å². The fraction of sp³-hybridized carbons (Fsp3) is 0.385. The van der Waals surface area contributed by atoms with E-state index in [0.29, 0.717) is 0 Å². The van der Waals surface area contributed by atoms with Gasteiger partial charge in [-0.15, -0.1) is 0 Å². The predicted molar refractivity (Wildman–Crippen MR) is 78.8 cm³/mol. The van der Waals surface area contributed by atoms with Crippen molar-refractivity contribution in [1.29, 1.82) is 0 Å². The molecular formula is C13H15ClN4S. The van der Waals surface area contributed by atoms with E-state index >= 15 is 0 Å². The third-order valence-electron chi connectivity index (χ3n) is 3.35. The SMILES string of the molecule is Clc1cccc2c1CCN(CCNc1ncns1)C2. The van der Waals surface area contributed by atoms with Crippen LogP contribution in [0.5, 0.6) is 0 Å². The summed E-state index contributed by atoms with van der Waals surface area (Å²) in [6, 6.07) is 6.18. The van der Waals surface area contributed by atoms with Crippen molar-refractivity contribution in [1.82, 2.24) is 14.3 Å². The average molecular weight is 295 g/mol. The van der Waals surface area contributed by atoms with E-state index in [1.807, 2.05) is 12.1 Å². The fourth-order valence-electron chi connectivity index (χ4n) is 2.38.